The first kappa shape index (κ1) is 17.8. The molecule has 1 aliphatic heterocycles. The Labute approximate surface area is 140 Å². The Bertz CT molecular complexity index is 511. The third-order valence-electron chi connectivity index (χ3n) is 4.48. The Balaban J connectivity index is 2.41. The molecule has 128 valence electrons. The van der Waals surface area contributed by atoms with Gasteiger partial charge in [0.2, 0.25) is 0 Å². The summed E-state index contributed by atoms with van der Waals surface area (Å²) in [4.78, 5) is 20.6. The number of hydrogen-bond donors (Lipinski definition) is 0. The fourth-order valence-corrected chi connectivity index (χ4v) is 3.49. The second-order valence-electron chi connectivity index (χ2n) is 7.33. The summed E-state index contributed by atoms with van der Waals surface area (Å²) in [5, 5.41) is 4.29. The first-order valence-corrected chi connectivity index (χ1v) is 8.80. The van der Waals surface area contributed by atoms with Crippen LogP contribution in [0.15, 0.2) is 29.1 Å². The molecule has 0 aromatic heterocycles. The van der Waals surface area contributed by atoms with Crippen molar-refractivity contribution >= 4 is 11.5 Å². The van der Waals surface area contributed by atoms with Gasteiger partial charge < -0.3 is 9.74 Å². The van der Waals surface area contributed by atoms with Crippen LogP contribution in [0.2, 0.25) is 0 Å². The zero-order valence-electron chi connectivity index (χ0n) is 14.9. The van der Waals surface area contributed by atoms with Gasteiger partial charge in [-0.3, -0.25) is 4.79 Å². The number of rotatable bonds is 7. The minimum atomic E-state index is 0.0256. The number of Topliss-reactive ketones (excluding diaryl/α,β-unsaturated/α-hetero) is 1. The van der Waals surface area contributed by atoms with E-state index in [-0.39, 0.29) is 11.2 Å². The van der Waals surface area contributed by atoms with Gasteiger partial charge in [0.15, 0.2) is 5.78 Å². The molecule has 0 atom stereocenters. The summed E-state index contributed by atoms with van der Waals surface area (Å²) < 4.78 is 0. The van der Waals surface area contributed by atoms with Gasteiger partial charge in [0.25, 0.3) is 0 Å². The van der Waals surface area contributed by atoms with Crippen molar-refractivity contribution in [1.82, 2.24) is 4.90 Å². The van der Waals surface area contributed by atoms with E-state index in [0.29, 0.717) is 13.0 Å². The number of carbonyl (C=O) groups excluding carboxylic acids is 1. The van der Waals surface area contributed by atoms with Crippen LogP contribution in [0, 0.1) is 5.41 Å². The molecule has 0 amide bonds. The van der Waals surface area contributed by atoms with E-state index in [9.17, 15) is 4.79 Å². The van der Waals surface area contributed by atoms with Crippen LogP contribution in [0.1, 0.15) is 59.3 Å². The van der Waals surface area contributed by atoms with E-state index in [0.717, 1.165) is 43.6 Å². The van der Waals surface area contributed by atoms with Crippen molar-refractivity contribution < 1.29 is 9.63 Å². The fourth-order valence-electron chi connectivity index (χ4n) is 3.49. The second-order valence-corrected chi connectivity index (χ2v) is 7.33. The Morgan fingerprint density at radius 3 is 2.65 bits per heavy atom. The molecular formula is C19H30N2O2. The molecule has 0 saturated carbocycles. The number of likely N-dealkylation sites (tertiary alicyclic amines) is 1. The normalized spacial score (nSPS) is 21.8. The van der Waals surface area contributed by atoms with Gasteiger partial charge in [-0.2, -0.15) is 0 Å². The Morgan fingerprint density at radius 1 is 1.35 bits per heavy atom. The van der Waals surface area contributed by atoms with E-state index >= 15 is 0 Å². The van der Waals surface area contributed by atoms with E-state index in [4.69, 9.17) is 4.84 Å². The third-order valence-corrected chi connectivity index (χ3v) is 4.48. The molecule has 2 rings (SSSR count). The fraction of sp³-hybridized carbons (Fsp3) is 0.684. The minimum Gasteiger partial charge on any atom is -0.391 e. The smallest absolute Gasteiger partial charge is 0.167 e. The van der Waals surface area contributed by atoms with Crippen LogP contribution in [-0.4, -0.2) is 36.1 Å². The van der Waals surface area contributed by atoms with E-state index in [1.807, 2.05) is 0 Å². The maximum absolute atomic E-state index is 12.9. The number of ketones is 1. The largest absolute Gasteiger partial charge is 0.391 e. The van der Waals surface area contributed by atoms with Crippen molar-refractivity contribution in [3.63, 3.8) is 0 Å². The molecule has 0 N–H and O–H groups in total. The molecule has 4 heteroatoms. The summed E-state index contributed by atoms with van der Waals surface area (Å²) in [5.41, 5.74) is 2.87. The highest BCUT2D eigenvalue weighted by Gasteiger charge is 2.37. The Morgan fingerprint density at radius 2 is 2.04 bits per heavy atom. The van der Waals surface area contributed by atoms with Crippen molar-refractivity contribution in [1.29, 1.82) is 0 Å². The average Bonchev–Trinajstić information content (AvgIpc) is 2.99. The predicted octanol–water partition coefficient (Wildman–Crippen LogP) is 4.08. The van der Waals surface area contributed by atoms with Crippen LogP contribution in [0.3, 0.4) is 0 Å². The van der Waals surface area contributed by atoms with E-state index in [2.05, 4.69) is 37.4 Å². The predicted molar refractivity (Wildman–Crippen MR) is 94.3 cm³/mol. The summed E-state index contributed by atoms with van der Waals surface area (Å²) in [7, 11) is 0. The zero-order valence-corrected chi connectivity index (χ0v) is 14.9. The van der Waals surface area contributed by atoms with Crippen molar-refractivity contribution in [2.45, 2.75) is 59.3 Å². The molecule has 1 saturated heterocycles. The first-order valence-electron chi connectivity index (χ1n) is 8.80. The SMILES string of the molecule is C=CCO/N=C(\CCC)C1=C(N2CCCC2)CC(C)(C)CC1=O. The highest BCUT2D eigenvalue weighted by molar-refractivity contribution is 6.23. The van der Waals surface area contributed by atoms with Crippen LogP contribution < -0.4 is 0 Å². The molecule has 23 heavy (non-hydrogen) atoms. The molecule has 0 radical (unpaired) electrons. The number of oxime groups is 1. The minimum absolute atomic E-state index is 0.0256. The van der Waals surface area contributed by atoms with Gasteiger partial charge in [0, 0.05) is 25.2 Å². The molecule has 0 spiro atoms. The molecule has 1 aliphatic carbocycles. The van der Waals surface area contributed by atoms with Gasteiger partial charge in [0.1, 0.15) is 6.61 Å². The lowest BCUT2D eigenvalue weighted by Gasteiger charge is -2.36. The Hall–Kier alpha value is -1.58. The number of carbonyl (C=O) groups is 1. The van der Waals surface area contributed by atoms with Crippen LogP contribution in [0.4, 0.5) is 0 Å². The van der Waals surface area contributed by atoms with Crippen molar-refractivity contribution in [2.75, 3.05) is 19.7 Å². The van der Waals surface area contributed by atoms with E-state index < -0.39 is 0 Å². The highest BCUT2D eigenvalue weighted by atomic mass is 16.6. The lowest BCUT2D eigenvalue weighted by Crippen LogP contribution is -2.35. The molecule has 0 bridgehead atoms. The standard InChI is InChI=1S/C19H30N2O2/c1-5-9-15(20-23-12-6-2)18-16(21-10-7-8-11-21)13-19(3,4)14-17(18)22/h6H,2,5,7-14H2,1,3-4H3/b20-15+. The molecule has 0 aromatic carbocycles. The summed E-state index contributed by atoms with van der Waals surface area (Å²) in [6.45, 7) is 12.6. The van der Waals surface area contributed by atoms with Crippen LogP contribution in [0.25, 0.3) is 0 Å². The highest BCUT2D eigenvalue weighted by Crippen LogP contribution is 2.40. The molecule has 4 nitrogen and oxygen atoms in total. The van der Waals surface area contributed by atoms with Crippen molar-refractivity contribution in [3.05, 3.63) is 23.9 Å². The molecule has 2 aliphatic rings. The summed E-state index contributed by atoms with van der Waals surface area (Å²) >= 11 is 0. The van der Waals surface area contributed by atoms with Crippen LogP contribution >= 0.6 is 0 Å². The van der Waals surface area contributed by atoms with Gasteiger partial charge in [-0.25, -0.2) is 0 Å². The summed E-state index contributed by atoms with van der Waals surface area (Å²) in [6, 6.07) is 0. The van der Waals surface area contributed by atoms with E-state index in [1.165, 1.54) is 18.5 Å². The van der Waals surface area contributed by atoms with Gasteiger partial charge >= 0.3 is 0 Å². The number of hydrogen-bond acceptors (Lipinski definition) is 4. The van der Waals surface area contributed by atoms with Gasteiger partial charge in [0.05, 0.1) is 11.3 Å². The van der Waals surface area contributed by atoms with Gasteiger partial charge in [-0.1, -0.05) is 45.0 Å². The molecular weight excluding hydrogens is 288 g/mol. The van der Waals surface area contributed by atoms with Crippen molar-refractivity contribution in [3.8, 4) is 0 Å². The number of nitrogens with zero attached hydrogens (tertiary/aromatic N) is 2. The summed E-state index contributed by atoms with van der Waals surface area (Å²) in [5.74, 6) is 0.220. The average molecular weight is 318 g/mol. The summed E-state index contributed by atoms with van der Waals surface area (Å²) in [6.07, 6.45) is 7.34. The molecule has 0 unspecified atom stereocenters. The first-order chi connectivity index (χ1) is 11.0. The maximum Gasteiger partial charge on any atom is 0.167 e. The molecule has 0 aromatic rings. The molecule has 1 fully saturated rings. The van der Waals surface area contributed by atoms with Crippen LogP contribution in [0.5, 0.6) is 0 Å². The molecule has 1 heterocycles. The second kappa shape index (κ2) is 7.80. The van der Waals surface area contributed by atoms with E-state index in [1.54, 1.807) is 6.08 Å². The Kier molecular flexibility index (Phi) is 6.03. The third kappa shape index (κ3) is 4.46. The lowest BCUT2D eigenvalue weighted by atomic mass is 9.74. The lowest BCUT2D eigenvalue weighted by molar-refractivity contribution is -0.117. The van der Waals surface area contributed by atoms with Crippen LogP contribution in [-0.2, 0) is 9.63 Å². The quantitative estimate of drug-likeness (QED) is 0.307. The van der Waals surface area contributed by atoms with Gasteiger partial charge in [-0.15, -0.1) is 0 Å². The van der Waals surface area contributed by atoms with Crippen molar-refractivity contribution in [2.24, 2.45) is 10.6 Å². The maximum atomic E-state index is 12.9. The topological polar surface area (TPSA) is 41.9 Å². The monoisotopic (exact) mass is 318 g/mol. The number of allylic oxidation sites excluding steroid dienone is 2. The zero-order chi connectivity index (χ0) is 16.9. The van der Waals surface area contributed by atoms with Gasteiger partial charge in [-0.05, 0) is 31.1 Å².